The van der Waals surface area contributed by atoms with Crippen LogP contribution in [0, 0.1) is 13.8 Å². The number of benzene rings is 3. The lowest BCUT2D eigenvalue weighted by molar-refractivity contribution is 0.102. The van der Waals surface area contributed by atoms with E-state index in [1.807, 2.05) is 13.8 Å². The zero-order chi connectivity index (χ0) is 21.5. The number of hydrogen-bond acceptors (Lipinski definition) is 5. The van der Waals surface area contributed by atoms with E-state index < -0.39 is 10.0 Å². The molecular weight excluding hydrogens is 404 g/mol. The van der Waals surface area contributed by atoms with Crippen LogP contribution in [0.2, 0.25) is 0 Å². The third kappa shape index (κ3) is 3.57. The molecule has 0 spiro atoms. The summed E-state index contributed by atoms with van der Waals surface area (Å²) in [6.07, 6.45) is 0. The molecule has 0 saturated carbocycles. The number of carbonyl (C=O) groups is 1. The Morgan fingerprint density at radius 2 is 1.70 bits per heavy atom. The molecule has 0 saturated heterocycles. The summed E-state index contributed by atoms with van der Waals surface area (Å²) < 4.78 is 39.7. The van der Waals surface area contributed by atoms with E-state index in [-0.39, 0.29) is 27.8 Å². The minimum atomic E-state index is -3.95. The van der Waals surface area contributed by atoms with Gasteiger partial charge in [-0.05, 0) is 67.4 Å². The van der Waals surface area contributed by atoms with Crippen molar-refractivity contribution in [1.82, 2.24) is 0 Å². The third-order valence-corrected chi connectivity index (χ3v) is 6.30. The monoisotopic (exact) mass is 424 g/mol. The number of para-hydroxylation sites is 2. The molecule has 0 unspecified atom stereocenters. The molecule has 3 aromatic carbocycles. The van der Waals surface area contributed by atoms with Crippen LogP contribution in [0.15, 0.2) is 59.5 Å². The maximum Gasteiger partial charge on any atom is 0.265 e. The summed E-state index contributed by atoms with van der Waals surface area (Å²) in [6, 6.07) is 14.9. The van der Waals surface area contributed by atoms with Gasteiger partial charge in [0.25, 0.3) is 15.9 Å². The quantitative estimate of drug-likeness (QED) is 0.644. The molecule has 8 heteroatoms. The highest BCUT2D eigenvalue weighted by Gasteiger charge is 2.24. The second-order valence-corrected chi connectivity index (χ2v) is 8.61. The number of amides is 1. The van der Waals surface area contributed by atoms with Crippen LogP contribution in [0.5, 0.6) is 17.2 Å². The number of methoxy groups -OCH3 is 1. The number of fused-ring (bicyclic) bond motifs is 2. The minimum Gasteiger partial charge on any atom is -0.495 e. The van der Waals surface area contributed by atoms with Gasteiger partial charge in [-0.2, -0.15) is 0 Å². The fourth-order valence-electron chi connectivity index (χ4n) is 3.17. The zero-order valence-corrected chi connectivity index (χ0v) is 17.5. The van der Waals surface area contributed by atoms with E-state index >= 15 is 0 Å². The van der Waals surface area contributed by atoms with Crippen LogP contribution in [0.1, 0.15) is 21.5 Å². The zero-order valence-electron chi connectivity index (χ0n) is 16.6. The number of sulfonamides is 1. The van der Waals surface area contributed by atoms with E-state index in [2.05, 4.69) is 10.0 Å². The minimum absolute atomic E-state index is 0.0242. The fourth-order valence-corrected chi connectivity index (χ4v) is 4.46. The smallest absolute Gasteiger partial charge is 0.265 e. The summed E-state index contributed by atoms with van der Waals surface area (Å²) in [5.41, 5.74) is 2.74. The van der Waals surface area contributed by atoms with Gasteiger partial charge in [0.15, 0.2) is 5.75 Å². The maximum atomic E-state index is 13.0. The molecule has 0 atom stereocenters. The predicted molar refractivity (Wildman–Crippen MR) is 114 cm³/mol. The number of rotatable bonds is 4. The molecule has 1 aliphatic rings. The molecule has 0 radical (unpaired) electrons. The molecule has 2 N–H and O–H groups in total. The number of carbonyl (C=O) groups excluding carboxylic acids is 1. The van der Waals surface area contributed by atoms with E-state index in [4.69, 9.17) is 9.47 Å². The summed E-state index contributed by atoms with van der Waals surface area (Å²) >= 11 is 0. The predicted octanol–water partition coefficient (Wildman–Crippen LogP) is 4.47. The molecule has 4 rings (SSSR count). The number of nitrogens with one attached hydrogen (secondary N) is 2. The van der Waals surface area contributed by atoms with Gasteiger partial charge in [-0.3, -0.25) is 9.52 Å². The Bertz CT molecular complexity index is 1270. The van der Waals surface area contributed by atoms with Gasteiger partial charge in [-0.15, -0.1) is 0 Å². The summed E-state index contributed by atoms with van der Waals surface area (Å²) in [4.78, 5) is 12.7. The van der Waals surface area contributed by atoms with Crippen molar-refractivity contribution in [3.63, 3.8) is 0 Å². The second kappa shape index (κ2) is 7.38. The van der Waals surface area contributed by atoms with E-state index in [0.717, 1.165) is 11.1 Å². The van der Waals surface area contributed by atoms with Crippen LogP contribution in [0.25, 0.3) is 0 Å². The first kappa shape index (κ1) is 19.8. The highest BCUT2D eigenvalue weighted by atomic mass is 32.2. The van der Waals surface area contributed by atoms with E-state index in [1.54, 1.807) is 48.5 Å². The van der Waals surface area contributed by atoms with Crippen LogP contribution >= 0.6 is 0 Å². The van der Waals surface area contributed by atoms with Crippen molar-refractivity contribution < 1.29 is 22.7 Å². The lowest BCUT2D eigenvalue weighted by Gasteiger charge is -2.15. The number of aryl methyl sites for hydroxylation is 2. The molecule has 1 amide bonds. The molecule has 0 aromatic heterocycles. The molecule has 154 valence electrons. The molecule has 30 heavy (non-hydrogen) atoms. The average molecular weight is 424 g/mol. The van der Waals surface area contributed by atoms with Gasteiger partial charge in [0, 0.05) is 5.69 Å². The largest absolute Gasteiger partial charge is 0.495 e. The van der Waals surface area contributed by atoms with Crippen LogP contribution in [-0.4, -0.2) is 21.4 Å². The first-order valence-corrected chi connectivity index (χ1v) is 10.7. The van der Waals surface area contributed by atoms with Crippen LogP contribution in [0.4, 0.5) is 11.4 Å². The Hall–Kier alpha value is -3.52. The summed E-state index contributed by atoms with van der Waals surface area (Å²) in [7, 11) is -2.53. The Morgan fingerprint density at radius 1 is 0.967 bits per heavy atom. The molecular formula is C22H20N2O5S. The van der Waals surface area contributed by atoms with Crippen molar-refractivity contribution in [1.29, 1.82) is 0 Å². The standard InChI is InChI=1S/C22H20N2O5S/c1-13-10-20(28-3)21(11-14(13)2)30(26,27)24-15-8-9-18-16(12-15)22(25)23-17-6-4-5-7-19(17)29-18/h4-12,24H,1-3H3,(H,23,25). The normalized spacial score (nSPS) is 12.7. The Balaban J connectivity index is 1.70. The summed E-state index contributed by atoms with van der Waals surface area (Å²) in [5, 5.41) is 2.77. The average Bonchev–Trinajstić information content (AvgIpc) is 2.85. The van der Waals surface area contributed by atoms with Gasteiger partial charge in [-0.1, -0.05) is 12.1 Å². The van der Waals surface area contributed by atoms with Gasteiger partial charge in [0.2, 0.25) is 0 Å². The second-order valence-electron chi connectivity index (χ2n) is 6.96. The van der Waals surface area contributed by atoms with Crippen LogP contribution in [0.3, 0.4) is 0 Å². The van der Waals surface area contributed by atoms with Gasteiger partial charge in [-0.25, -0.2) is 8.42 Å². The Kier molecular flexibility index (Phi) is 4.87. The lowest BCUT2D eigenvalue weighted by atomic mass is 10.1. The first-order chi connectivity index (χ1) is 14.3. The van der Waals surface area contributed by atoms with E-state index in [9.17, 15) is 13.2 Å². The van der Waals surface area contributed by atoms with Crippen molar-refractivity contribution >= 4 is 27.3 Å². The van der Waals surface area contributed by atoms with Gasteiger partial charge in [0.1, 0.15) is 16.4 Å². The molecule has 0 aliphatic carbocycles. The van der Waals surface area contributed by atoms with Gasteiger partial charge < -0.3 is 14.8 Å². The first-order valence-electron chi connectivity index (χ1n) is 9.19. The number of ether oxygens (including phenoxy) is 2. The van der Waals surface area contributed by atoms with Crippen molar-refractivity contribution in [3.05, 3.63) is 71.3 Å². The molecule has 0 fully saturated rings. The Labute approximate surface area is 174 Å². The topological polar surface area (TPSA) is 93.7 Å². The highest BCUT2D eigenvalue weighted by molar-refractivity contribution is 7.92. The van der Waals surface area contributed by atoms with Crippen molar-refractivity contribution in [2.45, 2.75) is 18.7 Å². The van der Waals surface area contributed by atoms with Crippen LogP contribution < -0.4 is 19.5 Å². The summed E-state index contributed by atoms with van der Waals surface area (Å²) in [5.74, 6) is 0.707. The SMILES string of the molecule is COc1cc(C)c(C)cc1S(=O)(=O)Nc1ccc2c(c1)C(=O)Nc1ccccc1O2. The Morgan fingerprint density at radius 3 is 2.47 bits per heavy atom. The molecule has 7 nitrogen and oxygen atoms in total. The maximum absolute atomic E-state index is 13.0. The highest BCUT2D eigenvalue weighted by Crippen LogP contribution is 2.37. The fraction of sp³-hybridized carbons (Fsp3) is 0.136. The van der Waals surface area contributed by atoms with E-state index in [0.29, 0.717) is 17.2 Å². The lowest BCUT2D eigenvalue weighted by Crippen LogP contribution is -2.16. The number of anilines is 2. The molecule has 3 aromatic rings. The molecule has 1 heterocycles. The van der Waals surface area contributed by atoms with Crippen molar-refractivity contribution in [2.24, 2.45) is 0 Å². The van der Waals surface area contributed by atoms with Gasteiger partial charge in [0.05, 0.1) is 18.4 Å². The number of hydrogen-bond donors (Lipinski definition) is 2. The van der Waals surface area contributed by atoms with Crippen LogP contribution in [-0.2, 0) is 10.0 Å². The van der Waals surface area contributed by atoms with Crippen molar-refractivity contribution in [2.75, 3.05) is 17.1 Å². The summed E-state index contributed by atoms with van der Waals surface area (Å²) in [6.45, 7) is 3.71. The molecule has 1 aliphatic heterocycles. The van der Waals surface area contributed by atoms with Gasteiger partial charge >= 0.3 is 0 Å². The third-order valence-electron chi connectivity index (χ3n) is 4.90. The van der Waals surface area contributed by atoms with Crippen molar-refractivity contribution in [3.8, 4) is 17.2 Å². The van der Waals surface area contributed by atoms with E-state index in [1.165, 1.54) is 13.2 Å². The molecule has 0 bridgehead atoms.